The molecule has 476 valence electrons. The minimum Gasteiger partial charge on any atom is -0.465 e. The zero-order valence-corrected chi connectivity index (χ0v) is 55.0. The van der Waals surface area contributed by atoms with E-state index in [0.717, 1.165) is 103 Å². The summed E-state index contributed by atoms with van der Waals surface area (Å²) in [6.07, 6.45) is 68.1. The van der Waals surface area contributed by atoms with Gasteiger partial charge in [-0.05, 0) is 143 Å². The maximum Gasteiger partial charge on any atom is 0.305 e. The van der Waals surface area contributed by atoms with E-state index in [1.165, 1.54) is 96.3 Å². The summed E-state index contributed by atoms with van der Waals surface area (Å²) in [5.41, 5.74) is -1.29. The predicted octanol–water partition coefficient (Wildman–Crippen LogP) is 19.3. The lowest BCUT2D eigenvalue weighted by Gasteiger charge is -2.43. The van der Waals surface area contributed by atoms with Crippen LogP contribution in [0.15, 0.2) is 85.1 Å². The van der Waals surface area contributed by atoms with E-state index in [9.17, 15) is 14.4 Å². The van der Waals surface area contributed by atoms with Gasteiger partial charge < -0.3 is 24.6 Å². The molecule has 0 atom stereocenters. The molecule has 0 unspecified atom stereocenters. The van der Waals surface area contributed by atoms with E-state index in [1.807, 2.05) is 19.0 Å². The summed E-state index contributed by atoms with van der Waals surface area (Å²) in [5, 5.41) is 3.30. The first-order valence-corrected chi connectivity index (χ1v) is 34.2. The first-order chi connectivity index (χ1) is 41.2. The minimum absolute atomic E-state index is 0.104. The largest absolute Gasteiger partial charge is 0.465 e. The zero-order valence-electron chi connectivity index (χ0n) is 55.0. The number of rotatable bonds is 56. The van der Waals surface area contributed by atoms with Gasteiger partial charge in [-0.3, -0.25) is 19.2 Å². The molecule has 84 heavy (non-hydrogen) atoms. The van der Waals surface area contributed by atoms with Gasteiger partial charge in [-0.2, -0.15) is 0 Å². The molecule has 0 spiro atoms. The van der Waals surface area contributed by atoms with E-state index in [0.29, 0.717) is 51.6 Å². The van der Waals surface area contributed by atoms with Gasteiger partial charge in [0.15, 0.2) is 0 Å². The van der Waals surface area contributed by atoms with Gasteiger partial charge in [-0.1, -0.05) is 221 Å². The van der Waals surface area contributed by atoms with Crippen LogP contribution >= 0.6 is 0 Å². The second kappa shape index (κ2) is 62.7. The van der Waals surface area contributed by atoms with E-state index in [1.54, 1.807) is 0 Å². The van der Waals surface area contributed by atoms with Crippen molar-refractivity contribution < 1.29 is 28.7 Å². The van der Waals surface area contributed by atoms with Crippen LogP contribution in [0.3, 0.4) is 0 Å². The van der Waals surface area contributed by atoms with Crippen LogP contribution in [-0.2, 0) is 28.7 Å². The van der Waals surface area contributed by atoms with Gasteiger partial charge in [0, 0.05) is 58.0 Å². The summed E-state index contributed by atoms with van der Waals surface area (Å²) >= 11 is 0. The highest BCUT2D eigenvalue weighted by molar-refractivity contribution is 5.91. The highest BCUT2D eigenvalue weighted by Gasteiger charge is 2.45. The third kappa shape index (κ3) is 51.6. The van der Waals surface area contributed by atoms with Crippen molar-refractivity contribution in [1.82, 2.24) is 15.1 Å². The molecule has 0 saturated carbocycles. The van der Waals surface area contributed by atoms with Crippen LogP contribution in [0.5, 0.6) is 0 Å². The number of unbranched alkanes of at least 4 members (excludes halogenated alkanes) is 20. The molecular weight excluding hydrogens is 1040 g/mol. The second-order valence-corrected chi connectivity index (χ2v) is 22.9. The monoisotopic (exact) mass is 1160 g/mol. The number of hydrogen-bond donors (Lipinski definition) is 1. The lowest BCUT2D eigenvalue weighted by Crippen LogP contribution is -2.61. The number of amides is 2. The molecule has 0 fully saturated rings. The second-order valence-electron chi connectivity index (χ2n) is 22.9. The smallest absolute Gasteiger partial charge is 0.305 e. The molecule has 9 nitrogen and oxygen atoms in total. The molecule has 0 aliphatic rings. The summed E-state index contributed by atoms with van der Waals surface area (Å²) in [6, 6.07) is 0. The number of nitrogens with zero attached hydrogens (tertiary/aromatic N) is 2. The molecule has 2 amide bonds. The van der Waals surface area contributed by atoms with Gasteiger partial charge in [0.1, 0.15) is 18.8 Å². The average molecular weight is 1160 g/mol. The van der Waals surface area contributed by atoms with Gasteiger partial charge in [0.05, 0.1) is 0 Å². The lowest BCUT2D eigenvalue weighted by atomic mass is 9.83. The molecule has 0 saturated heterocycles. The number of carbonyl (C=O) groups excluding carboxylic acids is 4. The van der Waals surface area contributed by atoms with E-state index in [4.69, 9.17) is 9.47 Å². The van der Waals surface area contributed by atoms with Crippen molar-refractivity contribution >= 4 is 23.8 Å². The Hall–Kier alpha value is -4.86. The standard InChI is InChI=1S/C75H125N3O6/c1-7-11-15-19-23-27-29-31-33-35-36-37-38-40-42-44-46-50-54-61-71(79)78(68-60-67-77(5)6)75(64-58-62-72(80)83-69-56-52-48-25-21-17-13-9-3,65-59-63-73(81)84-70-57-53-49-26-22-18-14-10-4)74(82)76-66-55-51-47-45-43-41-39-34-32-30-28-24-20-16-12-8-2/h11,15,23,27,31-34,36-37,40,42,46,50H,7-10,12-14,16-22,24-26,28-30,35,38-39,41,43-45,47,51,54-70H2,1-6H3,(H,76,82)/b15-11-,27-23-,33-31-,34-32-,37-36-,42-40-,50-46-. The fourth-order valence-corrected chi connectivity index (χ4v) is 9.85. The Morgan fingerprint density at radius 2 is 0.798 bits per heavy atom. The van der Waals surface area contributed by atoms with Gasteiger partial charge in [0.2, 0.25) is 11.8 Å². The molecule has 0 aliphatic carbocycles. The number of ether oxygens (including phenoxy) is 2. The topological polar surface area (TPSA) is 105 Å². The molecule has 0 heterocycles. The molecule has 0 aromatic heterocycles. The van der Waals surface area contributed by atoms with Crippen LogP contribution in [0, 0.1) is 23.7 Å². The Bertz CT molecular complexity index is 1880. The van der Waals surface area contributed by atoms with E-state index < -0.39 is 5.54 Å². The highest BCUT2D eigenvalue weighted by atomic mass is 16.5. The van der Waals surface area contributed by atoms with Gasteiger partial charge >= 0.3 is 11.9 Å². The molecule has 0 aromatic carbocycles. The van der Waals surface area contributed by atoms with Crippen LogP contribution in [0.4, 0.5) is 0 Å². The predicted molar refractivity (Wildman–Crippen MR) is 359 cm³/mol. The molecule has 0 aromatic rings. The Balaban J connectivity index is 6.27. The summed E-state index contributed by atoms with van der Waals surface area (Å²) in [5.74, 6) is 11.7. The van der Waals surface area contributed by atoms with Crippen molar-refractivity contribution in [3.8, 4) is 23.7 Å². The average Bonchev–Trinajstić information content (AvgIpc) is 2.07. The first kappa shape index (κ1) is 79.1. The molecular formula is C75H125N3O6. The summed E-state index contributed by atoms with van der Waals surface area (Å²) < 4.78 is 11.3. The highest BCUT2D eigenvalue weighted by Crippen LogP contribution is 2.32. The fourth-order valence-electron chi connectivity index (χ4n) is 9.85. The van der Waals surface area contributed by atoms with Crippen LogP contribution in [-0.4, -0.2) is 86.0 Å². The molecule has 0 radical (unpaired) electrons. The first-order valence-electron chi connectivity index (χ1n) is 34.2. The van der Waals surface area contributed by atoms with Crippen LogP contribution in [0.25, 0.3) is 0 Å². The van der Waals surface area contributed by atoms with Gasteiger partial charge in [-0.25, -0.2) is 0 Å². The Kier molecular flexibility index (Phi) is 59.0. The van der Waals surface area contributed by atoms with E-state index in [2.05, 4.69) is 147 Å². The SMILES string of the molecule is CC/C=C\C/C=C\C/C=C\C/C=C\C/C=C\C/C=C\CCC(=O)N(CCCN(C)C)C(CCCC(=O)OCCC#CCCCCCC)(CCCC(=O)OCCC#CCCCCCC)C(=O)NCCCCCCCC/C=C\CCCCCCCC. The van der Waals surface area contributed by atoms with Gasteiger partial charge in [-0.15, -0.1) is 11.8 Å². The van der Waals surface area contributed by atoms with Crippen LogP contribution in [0.2, 0.25) is 0 Å². The third-order valence-electron chi connectivity index (χ3n) is 14.8. The molecule has 0 bridgehead atoms. The van der Waals surface area contributed by atoms with Crippen LogP contribution < -0.4 is 5.32 Å². The number of hydrogen-bond acceptors (Lipinski definition) is 7. The van der Waals surface area contributed by atoms with Crippen molar-refractivity contribution in [2.45, 2.75) is 296 Å². The van der Waals surface area contributed by atoms with Crippen molar-refractivity contribution in [3.05, 3.63) is 85.1 Å². The lowest BCUT2D eigenvalue weighted by molar-refractivity contribution is -0.151. The molecule has 1 N–H and O–H groups in total. The van der Waals surface area contributed by atoms with Crippen molar-refractivity contribution in [3.63, 3.8) is 0 Å². The zero-order chi connectivity index (χ0) is 61.3. The molecule has 0 rings (SSSR count). The summed E-state index contributed by atoms with van der Waals surface area (Å²) in [7, 11) is 4.03. The molecule has 9 heteroatoms. The van der Waals surface area contributed by atoms with E-state index in [-0.39, 0.29) is 69.1 Å². The summed E-state index contributed by atoms with van der Waals surface area (Å²) in [4.78, 5) is 60.5. The maximum atomic E-state index is 15.2. The number of nitrogens with one attached hydrogen (secondary N) is 1. The van der Waals surface area contributed by atoms with Crippen molar-refractivity contribution in [2.24, 2.45) is 0 Å². The van der Waals surface area contributed by atoms with E-state index >= 15 is 4.79 Å². The maximum absolute atomic E-state index is 15.2. The number of allylic oxidation sites excluding steroid dienone is 14. The Morgan fingerprint density at radius 1 is 0.405 bits per heavy atom. The fraction of sp³-hybridized carbons (Fsp3) is 0.707. The number of carbonyl (C=O) groups is 4. The number of esters is 2. The Labute approximate surface area is 517 Å². The van der Waals surface area contributed by atoms with Crippen molar-refractivity contribution in [2.75, 3.05) is 46.9 Å². The molecule has 0 aliphatic heterocycles. The third-order valence-corrected chi connectivity index (χ3v) is 14.8. The van der Waals surface area contributed by atoms with Crippen LogP contribution in [0.1, 0.15) is 291 Å². The minimum atomic E-state index is -1.29. The quantitative estimate of drug-likeness (QED) is 0.0280. The van der Waals surface area contributed by atoms with Gasteiger partial charge in [0.25, 0.3) is 0 Å². The normalized spacial score (nSPS) is 12.0. The summed E-state index contributed by atoms with van der Waals surface area (Å²) in [6.45, 7) is 10.8. The van der Waals surface area contributed by atoms with Crippen molar-refractivity contribution in [1.29, 1.82) is 0 Å². The Morgan fingerprint density at radius 3 is 1.25 bits per heavy atom.